The van der Waals surface area contributed by atoms with Gasteiger partial charge in [-0.25, -0.2) is 0 Å². The summed E-state index contributed by atoms with van der Waals surface area (Å²) in [5.41, 5.74) is 0.850. The van der Waals surface area contributed by atoms with Crippen LogP contribution in [0.15, 0.2) is 24.3 Å². The van der Waals surface area contributed by atoms with Crippen LogP contribution in [0.1, 0.15) is 57.3 Å². The maximum Gasteiger partial charge on any atom is 0.313 e. The second kappa shape index (κ2) is 11.7. The highest BCUT2D eigenvalue weighted by Gasteiger charge is 2.21. The molecule has 2 rings (SSSR count). The Hall–Kier alpha value is -2.41. The summed E-state index contributed by atoms with van der Waals surface area (Å²) >= 11 is 0. The number of anilines is 1. The fraction of sp³-hybridized carbons (Fsp3) is 0.609. The second-order valence-corrected chi connectivity index (χ2v) is 8.83. The number of unbranched alkanes of at least 4 members (excludes halogenated alkanes) is 1. The van der Waals surface area contributed by atoms with Crippen LogP contribution in [0.5, 0.6) is 0 Å². The third-order valence-electron chi connectivity index (χ3n) is 5.14. The van der Waals surface area contributed by atoms with E-state index in [-0.39, 0.29) is 11.9 Å². The third kappa shape index (κ3) is 8.14. The number of benzene rings is 1. The molecule has 0 saturated carbocycles. The summed E-state index contributed by atoms with van der Waals surface area (Å²) in [6, 6.07) is 6.56. The summed E-state index contributed by atoms with van der Waals surface area (Å²) in [5.74, 6) is -0.121. The van der Waals surface area contributed by atoms with Crippen molar-refractivity contribution in [3.05, 3.63) is 29.8 Å². The van der Waals surface area contributed by atoms with E-state index < -0.39 is 11.8 Å². The molecule has 3 amide bonds. The SMILES string of the molecule is CC(C)NC(=O)c1cccc(NC(=O)C(=O)NCCCCN2C[C@H](C)C[C@H](C)C2)c1. The highest BCUT2D eigenvalue weighted by Crippen LogP contribution is 2.21. The van der Waals surface area contributed by atoms with Crippen LogP contribution in [0.2, 0.25) is 0 Å². The van der Waals surface area contributed by atoms with E-state index in [0.717, 1.165) is 44.3 Å². The minimum atomic E-state index is -0.727. The van der Waals surface area contributed by atoms with Crippen molar-refractivity contribution < 1.29 is 14.4 Å². The van der Waals surface area contributed by atoms with E-state index >= 15 is 0 Å². The number of rotatable bonds is 8. The van der Waals surface area contributed by atoms with Crippen molar-refractivity contribution >= 4 is 23.4 Å². The van der Waals surface area contributed by atoms with Crippen molar-refractivity contribution in [2.75, 3.05) is 31.5 Å². The molecule has 7 nitrogen and oxygen atoms in total. The molecule has 1 aliphatic heterocycles. The van der Waals surface area contributed by atoms with E-state index in [2.05, 4.69) is 34.7 Å². The predicted octanol–water partition coefficient (Wildman–Crippen LogP) is 2.64. The quantitative estimate of drug-likeness (QED) is 0.449. The van der Waals surface area contributed by atoms with Crippen molar-refractivity contribution in [3.8, 4) is 0 Å². The van der Waals surface area contributed by atoms with E-state index in [1.165, 1.54) is 6.42 Å². The summed E-state index contributed by atoms with van der Waals surface area (Å²) in [7, 11) is 0. The molecule has 0 unspecified atom stereocenters. The molecular weight excluding hydrogens is 380 g/mol. The first-order valence-electron chi connectivity index (χ1n) is 11.0. The molecule has 1 fully saturated rings. The number of hydrogen-bond donors (Lipinski definition) is 3. The minimum absolute atomic E-state index is 0.0169. The number of nitrogens with one attached hydrogen (secondary N) is 3. The van der Waals surface area contributed by atoms with Gasteiger partial charge in [0, 0.05) is 36.9 Å². The van der Waals surface area contributed by atoms with Gasteiger partial charge >= 0.3 is 11.8 Å². The first kappa shape index (κ1) is 23.9. The molecule has 1 aliphatic rings. The highest BCUT2D eigenvalue weighted by molar-refractivity contribution is 6.39. The molecule has 0 aliphatic carbocycles. The number of hydrogen-bond acceptors (Lipinski definition) is 4. The maximum absolute atomic E-state index is 12.1. The zero-order valence-corrected chi connectivity index (χ0v) is 18.7. The predicted molar refractivity (Wildman–Crippen MR) is 119 cm³/mol. The molecule has 0 spiro atoms. The number of amides is 3. The molecule has 0 bridgehead atoms. The normalized spacial score (nSPS) is 19.4. The van der Waals surface area contributed by atoms with Gasteiger partial charge in [0.1, 0.15) is 0 Å². The van der Waals surface area contributed by atoms with E-state index in [1.54, 1.807) is 24.3 Å². The molecule has 3 N–H and O–H groups in total. The van der Waals surface area contributed by atoms with Gasteiger partial charge in [-0.1, -0.05) is 19.9 Å². The summed E-state index contributed by atoms with van der Waals surface area (Å²) in [4.78, 5) is 38.7. The summed E-state index contributed by atoms with van der Waals surface area (Å²) in [6.07, 6.45) is 3.13. The van der Waals surface area contributed by atoms with Crippen LogP contribution in [0, 0.1) is 11.8 Å². The first-order chi connectivity index (χ1) is 14.2. The molecule has 1 heterocycles. The van der Waals surface area contributed by atoms with Crippen molar-refractivity contribution in [1.82, 2.24) is 15.5 Å². The molecule has 1 saturated heterocycles. The van der Waals surface area contributed by atoms with Gasteiger partial charge in [-0.05, 0) is 69.7 Å². The molecular formula is C23H36N4O3. The van der Waals surface area contributed by atoms with Crippen LogP contribution < -0.4 is 16.0 Å². The average Bonchev–Trinajstić information content (AvgIpc) is 2.66. The van der Waals surface area contributed by atoms with Gasteiger partial charge in [-0.2, -0.15) is 0 Å². The largest absolute Gasteiger partial charge is 0.350 e. The molecule has 166 valence electrons. The Morgan fingerprint density at radius 2 is 1.77 bits per heavy atom. The topological polar surface area (TPSA) is 90.5 Å². The van der Waals surface area contributed by atoms with Crippen molar-refractivity contribution in [3.63, 3.8) is 0 Å². The van der Waals surface area contributed by atoms with Gasteiger partial charge in [0.05, 0.1) is 0 Å². The standard InChI is InChI=1S/C23H36N4O3/c1-16(2)25-21(28)19-8-7-9-20(13-19)26-23(30)22(29)24-10-5-6-11-27-14-17(3)12-18(4)15-27/h7-9,13,16-18H,5-6,10-12,14-15H2,1-4H3,(H,24,29)(H,25,28)(H,26,30)/t17-,18+. The smallest absolute Gasteiger partial charge is 0.313 e. The van der Waals surface area contributed by atoms with Gasteiger partial charge in [0.25, 0.3) is 5.91 Å². The number of carbonyl (C=O) groups is 3. The van der Waals surface area contributed by atoms with Crippen LogP contribution in [0.25, 0.3) is 0 Å². The summed E-state index contributed by atoms with van der Waals surface area (Å²) in [6.45, 7) is 12.1. The van der Waals surface area contributed by atoms with E-state index in [0.29, 0.717) is 17.8 Å². The summed E-state index contributed by atoms with van der Waals surface area (Å²) in [5, 5.41) is 8.02. The molecule has 1 aromatic rings. The second-order valence-electron chi connectivity index (χ2n) is 8.83. The molecule has 0 radical (unpaired) electrons. The number of carbonyl (C=O) groups excluding carboxylic acids is 3. The van der Waals surface area contributed by atoms with Crippen LogP contribution in [-0.2, 0) is 9.59 Å². The number of piperidine rings is 1. The van der Waals surface area contributed by atoms with Gasteiger partial charge in [-0.15, -0.1) is 0 Å². The summed E-state index contributed by atoms with van der Waals surface area (Å²) < 4.78 is 0. The zero-order chi connectivity index (χ0) is 22.1. The van der Waals surface area contributed by atoms with Crippen LogP contribution in [0.3, 0.4) is 0 Å². The highest BCUT2D eigenvalue weighted by atomic mass is 16.2. The van der Waals surface area contributed by atoms with Crippen molar-refractivity contribution in [2.24, 2.45) is 11.8 Å². The lowest BCUT2D eigenvalue weighted by molar-refractivity contribution is -0.136. The van der Waals surface area contributed by atoms with Crippen molar-refractivity contribution in [1.29, 1.82) is 0 Å². The van der Waals surface area contributed by atoms with E-state index in [1.807, 2.05) is 13.8 Å². The van der Waals surface area contributed by atoms with Gasteiger partial charge in [-0.3, -0.25) is 14.4 Å². The fourth-order valence-corrected chi connectivity index (χ4v) is 3.99. The Labute approximate surface area is 180 Å². The van der Waals surface area contributed by atoms with Crippen LogP contribution in [-0.4, -0.2) is 54.8 Å². The number of likely N-dealkylation sites (tertiary alicyclic amines) is 1. The maximum atomic E-state index is 12.1. The van der Waals surface area contributed by atoms with E-state index in [9.17, 15) is 14.4 Å². The lowest BCUT2D eigenvalue weighted by Crippen LogP contribution is -2.39. The zero-order valence-electron chi connectivity index (χ0n) is 18.7. The Kier molecular flexibility index (Phi) is 9.30. The monoisotopic (exact) mass is 416 g/mol. The van der Waals surface area contributed by atoms with Crippen LogP contribution in [0.4, 0.5) is 5.69 Å². The van der Waals surface area contributed by atoms with Gasteiger partial charge in [0.2, 0.25) is 0 Å². The lowest BCUT2D eigenvalue weighted by atomic mass is 9.92. The third-order valence-corrected chi connectivity index (χ3v) is 5.14. The molecule has 1 aromatic carbocycles. The van der Waals surface area contributed by atoms with Crippen molar-refractivity contribution in [2.45, 2.75) is 53.0 Å². The minimum Gasteiger partial charge on any atom is -0.350 e. The molecule has 0 aromatic heterocycles. The number of nitrogens with zero attached hydrogens (tertiary/aromatic N) is 1. The van der Waals surface area contributed by atoms with Gasteiger partial charge < -0.3 is 20.9 Å². The Morgan fingerprint density at radius 3 is 2.43 bits per heavy atom. The Morgan fingerprint density at radius 1 is 1.07 bits per heavy atom. The molecule has 30 heavy (non-hydrogen) atoms. The van der Waals surface area contributed by atoms with Crippen LogP contribution >= 0.6 is 0 Å². The first-order valence-corrected chi connectivity index (χ1v) is 11.0. The molecule has 2 atom stereocenters. The average molecular weight is 417 g/mol. The van der Waals surface area contributed by atoms with Gasteiger partial charge in [0.15, 0.2) is 0 Å². The Balaban J connectivity index is 1.70. The fourth-order valence-electron chi connectivity index (χ4n) is 3.99. The van der Waals surface area contributed by atoms with E-state index in [4.69, 9.17) is 0 Å². The Bertz CT molecular complexity index is 725. The molecule has 7 heteroatoms. The lowest BCUT2D eigenvalue weighted by Gasteiger charge is -2.34.